The summed E-state index contributed by atoms with van der Waals surface area (Å²) in [4.78, 5) is 4.60. The SMILES string of the molecule is Cc1ccc(CC(Br)c2ccccc2Cl)nc1. The van der Waals surface area contributed by atoms with E-state index in [0.717, 1.165) is 22.7 Å². The lowest BCUT2D eigenvalue weighted by Gasteiger charge is -2.11. The van der Waals surface area contributed by atoms with Crippen molar-refractivity contribution in [1.82, 2.24) is 4.98 Å². The summed E-state index contributed by atoms with van der Waals surface area (Å²) in [7, 11) is 0. The largest absolute Gasteiger partial charge is 0.261 e. The molecule has 17 heavy (non-hydrogen) atoms. The fraction of sp³-hybridized carbons (Fsp3) is 0.214. The third kappa shape index (κ3) is 3.30. The zero-order valence-corrected chi connectivity index (χ0v) is 11.9. The summed E-state index contributed by atoms with van der Waals surface area (Å²) in [6.07, 6.45) is 2.73. The van der Waals surface area contributed by atoms with Crippen molar-refractivity contribution in [1.29, 1.82) is 0 Å². The maximum atomic E-state index is 6.16. The molecule has 0 saturated carbocycles. The molecule has 1 heterocycles. The average Bonchev–Trinajstić information content (AvgIpc) is 2.32. The van der Waals surface area contributed by atoms with E-state index in [1.165, 1.54) is 5.56 Å². The number of benzene rings is 1. The van der Waals surface area contributed by atoms with Crippen LogP contribution >= 0.6 is 27.5 Å². The Morgan fingerprint density at radius 3 is 2.65 bits per heavy atom. The van der Waals surface area contributed by atoms with Crippen molar-refractivity contribution in [3.05, 3.63) is 64.4 Å². The van der Waals surface area contributed by atoms with Crippen LogP contribution in [-0.4, -0.2) is 4.98 Å². The van der Waals surface area contributed by atoms with E-state index in [-0.39, 0.29) is 4.83 Å². The Balaban J connectivity index is 2.14. The summed E-state index contributed by atoms with van der Waals surface area (Å²) in [6, 6.07) is 12.0. The monoisotopic (exact) mass is 309 g/mol. The van der Waals surface area contributed by atoms with Gasteiger partial charge in [0.15, 0.2) is 0 Å². The smallest absolute Gasteiger partial charge is 0.0465 e. The molecular formula is C14H13BrClN. The molecule has 0 aliphatic heterocycles. The van der Waals surface area contributed by atoms with Crippen LogP contribution in [0.25, 0.3) is 0 Å². The molecule has 1 unspecified atom stereocenters. The first-order valence-corrected chi connectivity index (χ1v) is 6.76. The fourth-order valence-electron chi connectivity index (χ4n) is 1.64. The van der Waals surface area contributed by atoms with Crippen molar-refractivity contribution in [2.75, 3.05) is 0 Å². The number of pyridine rings is 1. The van der Waals surface area contributed by atoms with Crippen molar-refractivity contribution in [3.63, 3.8) is 0 Å². The number of hydrogen-bond donors (Lipinski definition) is 0. The van der Waals surface area contributed by atoms with Crippen LogP contribution in [0, 0.1) is 6.92 Å². The predicted octanol–water partition coefficient (Wildman–Crippen LogP) is 4.72. The van der Waals surface area contributed by atoms with Gasteiger partial charge in [0.05, 0.1) is 0 Å². The highest BCUT2D eigenvalue weighted by Gasteiger charge is 2.12. The van der Waals surface area contributed by atoms with Gasteiger partial charge in [0.25, 0.3) is 0 Å². The van der Waals surface area contributed by atoms with E-state index >= 15 is 0 Å². The van der Waals surface area contributed by atoms with Crippen LogP contribution in [0.5, 0.6) is 0 Å². The molecular weight excluding hydrogens is 298 g/mol. The second-order valence-corrected chi connectivity index (χ2v) is 5.53. The Kier molecular flexibility index (Phi) is 4.19. The van der Waals surface area contributed by atoms with E-state index in [1.807, 2.05) is 37.4 Å². The van der Waals surface area contributed by atoms with Crippen LogP contribution in [-0.2, 0) is 6.42 Å². The van der Waals surface area contributed by atoms with E-state index in [4.69, 9.17) is 11.6 Å². The Morgan fingerprint density at radius 2 is 2.00 bits per heavy atom. The molecule has 1 nitrogen and oxygen atoms in total. The van der Waals surface area contributed by atoms with Crippen LogP contribution < -0.4 is 0 Å². The summed E-state index contributed by atoms with van der Waals surface area (Å²) in [5.74, 6) is 0. The molecule has 0 N–H and O–H groups in total. The van der Waals surface area contributed by atoms with Crippen LogP contribution in [0.4, 0.5) is 0 Å². The lowest BCUT2D eigenvalue weighted by atomic mass is 10.1. The molecule has 1 aromatic carbocycles. The minimum Gasteiger partial charge on any atom is -0.261 e. The summed E-state index contributed by atoms with van der Waals surface area (Å²) in [6.45, 7) is 2.04. The van der Waals surface area contributed by atoms with Gasteiger partial charge in [-0.1, -0.05) is 51.8 Å². The van der Waals surface area contributed by atoms with Gasteiger partial charge in [-0.3, -0.25) is 4.98 Å². The van der Waals surface area contributed by atoms with E-state index in [0.29, 0.717) is 0 Å². The highest BCUT2D eigenvalue weighted by atomic mass is 79.9. The second-order valence-electron chi connectivity index (χ2n) is 4.02. The molecule has 2 rings (SSSR count). The number of aromatic nitrogens is 1. The molecule has 3 heteroatoms. The topological polar surface area (TPSA) is 12.9 Å². The van der Waals surface area contributed by atoms with Gasteiger partial charge < -0.3 is 0 Å². The van der Waals surface area contributed by atoms with Crippen molar-refractivity contribution >= 4 is 27.5 Å². The van der Waals surface area contributed by atoms with Gasteiger partial charge in [0.2, 0.25) is 0 Å². The quantitative estimate of drug-likeness (QED) is 0.747. The minimum absolute atomic E-state index is 0.200. The number of hydrogen-bond acceptors (Lipinski definition) is 1. The first-order valence-electron chi connectivity index (χ1n) is 5.47. The molecule has 0 aliphatic rings. The van der Waals surface area contributed by atoms with Gasteiger partial charge >= 0.3 is 0 Å². The van der Waals surface area contributed by atoms with Crippen molar-refractivity contribution < 1.29 is 0 Å². The first kappa shape index (κ1) is 12.6. The molecule has 1 aromatic heterocycles. The van der Waals surface area contributed by atoms with Crippen LogP contribution in [0.3, 0.4) is 0 Å². The summed E-state index contributed by atoms with van der Waals surface area (Å²) < 4.78 is 0. The van der Waals surface area contributed by atoms with Gasteiger partial charge in [-0.2, -0.15) is 0 Å². The van der Waals surface area contributed by atoms with Crippen LogP contribution in [0.15, 0.2) is 42.6 Å². The number of nitrogens with zero attached hydrogens (tertiary/aromatic N) is 1. The van der Waals surface area contributed by atoms with E-state index in [1.54, 1.807) is 0 Å². The zero-order valence-electron chi connectivity index (χ0n) is 9.53. The highest BCUT2D eigenvalue weighted by Crippen LogP contribution is 2.31. The molecule has 0 amide bonds. The van der Waals surface area contributed by atoms with Gasteiger partial charge in [-0.05, 0) is 30.2 Å². The summed E-state index contributed by atoms with van der Waals surface area (Å²) in [5.41, 5.74) is 3.35. The van der Waals surface area contributed by atoms with Crippen LogP contribution in [0.1, 0.15) is 21.6 Å². The molecule has 0 bridgehead atoms. The second kappa shape index (κ2) is 5.65. The Morgan fingerprint density at radius 1 is 1.24 bits per heavy atom. The normalized spacial score (nSPS) is 12.4. The number of rotatable bonds is 3. The zero-order chi connectivity index (χ0) is 12.3. The standard InChI is InChI=1S/C14H13BrClN/c1-10-6-7-11(17-9-10)8-13(15)12-4-2-3-5-14(12)16/h2-7,9,13H,8H2,1H3. The summed E-state index contributed by atoms with van der Waals surface area (Å²) >= 11 is 9.83. The van der Waals surface area contributed by atoms with Crippen molar-refractivity contribution in [2.45, 2.75) is 18.2 Å². The van der Waals surface area contributed by atoms with Crippen LogP contribution in [0.2, 0.25) is 5.02 Å². The highest BCUT2D eigenvalue weighted by molar-refractivity contribution is 9.09. The lowest BCUT2D eigenvalue weighted by molar-refractivity contribution is 0.902. The maximum absolute atomic E-state index is 6.16. The van der Waals surface area contributed by atoms with Gasteiger partial charge in [-0.25, -0.2) is 0 Å². The molecule has 0 aliphatic carbocycles. The number of halogens is 2. The Hall–Kier alpha value is -0.860. The van der Waals surface area contributed by atoms with E-state index < -0.39 is 0 Å². The molecule has 0 fully saturated rings. The number of aryl methyl sites for hydroxylation is 1. The molecule has 0 saturated heterocycles. The third-order valence-corrected chi connectivity index (χ3v) is 3.76. The maximum Gasteiger partial charge on any atom is 0.0465 e. The van der Waals surface area contributed by atoms with E-state index in [9.17, 15) is 0 Å². The Labute approximate surface area is 115 Å². The average molecular weight is 311 g/mol. The van der Waals surface area contributed by atoms with Crippen molar-refractivity contribution in [2.24, 2.45) is 0 Å². The molecule has 1 atom stereocenters. The fourth-order valence-corrected chi connectivity index (χ4v) is 2.77. The number of alkyl halides is 1. The predicted molar refractivity (Wildman–Crippen MR) is 75.8 cm³/mol. The molecule has 2 aromatic rings. The van der Waals surface area contributed by atoms with E-state index in [2.05, 4.69) is 33.0 Å². The van der Waals surface area contributed by atoms with Gasteiger partial charge in [-0.15, -0.1) is 0 Å². The lowest BCUT2D eigenvalue weighted by Crippen LogP contribution is -1.98. The first-order chi connectivity index (χ1) is 8.16. The third-order valence-electron chi connectivity index (χ3n) is 2.60. The van der Waals surface area contributed by atoms with Gasteiger partial charge in [0, 0.05) is 28.2 Å². The summed E-state index contributed by atoms with van der Waals surface area (Å²) in [5, 5.41) is 0.793. The Bertz CT molecular complexity index is 496. The molecule has 88 valence electrons. The molecule has 0 radical (unpaired) electrons. The van der Waals surface area contributed by atoms with Crippen molar-refractivity contribution in [3.8, 4) is 0 Å². The minimum atomic E-state index is 0.200. The van der Waals surface area contributed by atoms with Gasteiger partial charge in [0.1, 0.15) is 0 Å². The molecule has 0 spiro atoms.